The Kier molecular flexibility index (Phi) is 8.70. The zero-order valence-electron chi connectivity index (χ0n) is 9.06. The molecule has 0 saturated heterocycles. The minimum atomic E-state index is 0.152. The molecule has 0 radical (unpaired) electrons. The Morgan fingerprint density at radius 1 is 1.00 bits per heavy atom. The summed E-state index contributed by atoms with van der Waals surface area (Å²) in [6.07, 6.45) is 3.68. The number of hydrogen-bond acceptors (Lipinski definition) is 1. The van der Waals surface area contributed by atoms with Gasteiger partial charge in [-0.1, -0.05) is 13.8 Å². The third-order valence-electron chi connectivity index (χ3n) is 2.51. The van der Waals surface area contributed by atoms with Gasteiger partial charge in [0.15, 0.2) is 0 Å². The molecule has 3 heteroatoms. The van der Waals surface area contributed by atoms with Gasteiger partial charge in [-0.15, -0.1) is 23.2 Å². The highest BCUT2D eigenvalue weighted by atomic mass is 35.5. The Labute approximate surface area is 97.2 Å². The lowest BCUT2D eigenvalue weighted by molar-refractivity contribution is -0.126. The summed E-state index contributed by atoms with van der Waals surface area (Å²) in [5.41, 5.74) is 0. The van der Waals surface area contributed by atoms with E-state index >= 15 is 0 Å². The maximum absolute atomic E-state index is 11.8. The molecule has 0 aromatic carbocycles. The highest BCUT2D eigenvalue weighted by molar-refractivity contribution is 6.18. The summed E-state index contributed by atoms with van der Waals surface area (Å²) in [5, 5.41) is 0. The van der Waals surface area contributed by atoms with Gasteiger partial charge >= 0.3 is 0 Å². The lowest BCUT2D eigenvalue weighted by Crippen LogP contribution is -2.19. The van der Waals surface area contributed by atoms with Crippen molar-refractivity contribution < 1.29 is 4.79 Å². The van der Waals surface area contributed by atoms with Crippen molar-refractivity contribution in [3.63, 3.8) is 0 Å². The van der Waals surface area contributed by atoms with Crippen molar-refractivity contribution in [3.05, 3.63) is 0 Å². The molecule has 2 atom stereocenters. The first kappa shape index (κ1) is 14.2. The van der Waals surface area contributed by atoms with E-state index in [9.17, 15) is 4.79 Å². The average Bonchev–Trinajstić information content (AvgIpc) is 2.21. The summed E-state index contributed by atoms with van der Waals surface area (Å²) in [7, 11) is 0. The number of halogens is 2. The highest BCUT2D eigenvalue weighted by Crippen LogP contribution is 2.17. The van der Waals surface area contributed by atoms with Gasteiger partial charge in [0.25, 0.3) is 0 Å². The molecular formula is C11H20Cl2O. The van der Waals surface area contributed by atoms with Crippen LogP contribution in [0.3, 0.4) is 0 Å². The number of rotatable bonds is 8. The van der Waals surface area contributed by atoms with E-state index < -0.39 is 0 Å². The number of hydrogen-bond donors (Lipinski definition) is 0. The van der Waals surface area contributed by atoms with Crippen LogP contribution in [0.4, 0.5) is 0 Å². The number of ketones is 1. The smallest absolute Gasteiger partial charge is 0.138 e. The number of carbonyl (C=O) groups excluding carboxylic acids is 1. The van der Waals surface area contributed by atoms with E-state index in [1.807, 2.05) is 13.8 Å². The average molecular weight is 239 g/mol. The van der Waals surface area contributed by atoms with Crippen LogP contribution in [0.25, 0.3) is 0 Å². The Hall–Kier alpha value is 0.250. The van der Waals surface area contributed by atoms with Gasteiger partial charge in [-0.05, 0) is 25.7 Å². The van der Waals surface area contributed by atoms with Gasteiger partial charge < -0.3 is 0 Å². The molecule has 0 aromatic rings. The summed E-state index contributed by atoms with van der Waals surface area (Å²) < 4.78 is 0. The Morgan fingerprint density at radius 3 is 1.64 bits per heavy atom. The second-order valence-electron chi connectivity index (χ2n) is 3.87. The monoisotopic (exact) mass is 238 g/mol. The van der Waals surface area contributed by atoms with Gasteiger partial charge in [-0.25, -0.2) is 0 Å². The first-order valence-electron chi connectivity index (χ1n) is 5.29. The predicted molar refractivity (Wildman–Crippen MR) is 63.2 cm³/mol. The van der Waals surface area contributed by atoms with Gasteiger partial charge in [0.1, 0.15) is 5.78 Å². The Bertz CT molecular complexity index is 143. The molecule has 0 amide bonds. The normalized spacial score (nSPS) is 15.1. The molecule has 1 nitrogen and oxygen atoms in total. The molecule has 0 N–H and O–H groups in total. The van der Waals surface area contributed by atoms with Crippen LogP contribution < -0.4 is 0 Å². The molecule has 2 unspecified atom stereocenters. The van der Waals surface area contributed by atoms with E-state index in [-0.39, 0.29) is 11.8 Å². The van der Waals surface area contributed by atoms with Crippen LogP contribution in [-0.4, -0.2) is 17.5 Å². The van der Waals surface area contributed by atoms with E-state index in [0.717, 1.165) is 25.7 Å². The van der Waals surface area contributed by atoms with Crippen molar-refractivity contribution in [2.75, 3.05) is 11.8 Å². The van der Waals surface area contributed by atoms with Crippen molar-refractivity contribution in [2.24, 2.45) is 11.8 Å². The zero-order valence-corrected chi connectivity index (χ0v) is 10.6. The molecule has 0 aliphatic heterocycles. The maximum Gasteiger partial charge on any atom is 0.138 e. The number of Topliss-reactive ketones (excluding diaryl/α,β-unsaturated/α-hetero) is 1. The molecule has 84 valence electrons. The molecule has 0 rings (SSSR count). The molecule has 0 fully saturated rings. The Morgan fingerprint density at radius 2 is 1.36 bits per heavy atom. The topological polar surface area (TPSA) is 17.1 Å². The second kappa shape index (κ2) is 8.55. The molecule has 0 bridgehead atoms. The van der Waals surface area contributed by atoms with Crippen LogP contribution in [0.15, 0.2) is 0 Å². The number of carbonyl (C=O) groups is 1. The Balaban J connectivity index is 3.78. The van der Waals surface area contributed by atoms with Crippen molar-refractivity contribution in [3.8, 4) is 0 Å². The first-order valence-corrected chi connectivity index (χ1v) is 6.36. The van der Waals surface area contributed by atoms with E-state index in [1.165, 1.54) is 0 Å². The molecule has 0 aliphatic rings. The molecular weight excluding hydrogens is 219 g/mol. The van der Waals surface area contributed by atoms with Crippen molar-refractivity contribution in [1.29, 1.82) is 0 Å². The van der Waals surface area contributed by atoms with E-state index in [1.54, 1.807) is 0 Å². The van der Waals surface area contributed by atoms with Crippen molar-refractivity contribution in [2.45, 2.75) is 39.5 Å². The van der Waals surface area contributed by atoms with Crippen LogP contribution in [0.1, 0.15) is 39.5 Å². The standard InChI is InChI=1S/C11H20Cl2O/c1-9(5-3-7-12)11(14)10(2)6-4-8-13/h9-10H,3-8H2,1-2H3. The molecule has 0 aromatic heterocycles. The van der Waals surface area contributed by atoms with Gasteiger partial charge in [0.2, 0.25) is 0 Å². The third-order valence-corrected chi connectivity index (χ3v) is 3.05. The predicted octanol–water partition coefficient (Wildman–Crippen LogP) is 3.87. The summed E-state index contributed by atoms with van der Waals surface area (Å²) in [4.78, 5) is 11.8. The van der Waals surface area contributed by atoms with Crippen LogP contribution in [0.5, 0.6) is 0 Å². The van der Waals surface area contributed by atoms with Gasteiger partial charge in [-0.3, -0.25) is 4.79 Å². The third kappa shape index (κ3) is 5.87. The van der Waals surface area contributed by atoms with E-state index in [2.05, 4.69) is 0 Å². The molecule has 0 spiro atoms. The van der Waals surface area contributed by atoms with Crippen LogP contribution in [0, 0.1) is 11.8 Å². The van der Waals surface area contributed by atoms with Gasteiger partial charge in [-0.2, -0.15) is 0 Å². The van der Waals surface area contributed by atoms with Crippen molar-refractivity contribution >= 4 is 29.0 Å². The van der Waals surface area contributed by atoms with Crippen LogP contribution >= 0.6 is 23.2 Å². The van der Waals surface area contributed by atoms with Crippen LogP contribution in [0.2, 0.25) is 0 Å². The minimum absolute atomic E-state index is 0.152. The summed E-state index contributed by atoms with van der Waals surface area (Å²) in [5.74, 6) is 1.96. The zero-order chi connectivity index (χ0) is 11.0. The second-order valence-corrected chi connectivity index (χ2v) is 4.62. The largest absolute Gasteiger partial charge is 0.299 e. The van der Waals surface area contributed by atoms with Crippen LogP contribution in [-0.2, 0) is 4.79 Å². The quantitative estimate of drug-likeness (QED) is 0.588. The molecule has 14 heavy (non-hydrogen) atoms. The SMILES string of the molecule is CC(CCCCl)C(=O)C(C)CCCCl. The molecule has 0 heterocycles. The van der Waals surface area contributed by atoms with Crippen molar-refractivity contribution in [1.82, 2.24) is 0 Å². The molecule has 0 saturated carbocycles. The van der Waals surface area contributed by atoms with E-state index in [0.29, 0.717) is 17.5 Å². The number of alkyl halides is 2. The minimum Gasteiger partial charge on any atom is -0.299 e. The lowest BCUT2D eigenvalue weighted by Gasteiger charge is -2.15. The van der Waals surface area contributed by atoms with Gasteiger partial charge in [0.05, 0.1) is 0 Å². The summed E-state index contributed by atoms with van der Waals surface area (Å²) in [6.45, 7) is 3.98. The first-order chi connectivity index (χ1) is 6.63. The highest BCUT2D eigenvalue weighted by Gasteiger charge is 2.18. The molecule has 0 aliphatic carbocycles. The van der Waals surface area contributed by atoms with E-state index in [4.69, 9.17) is 23.2 Å². The maximum atomic E-state index is 11.8. The fourth-order valence-electron chi connectivity index (χ4n) is 1.54. The fraction of sp³-hybridized carbons (Fsp3) is 0.909. The lowest BCUT2D eigenvalue weighted by atomic mass is 9.89. The fourth-order valence-corrected chi connectivity index (χ4v) is 1.85. The summed E-state index contributed by atoms with van der Waals surface area (Å²) in [6, 6.07) is 0. The van der Waals surface area contributed by atoms with Gasteiger partial charge in [0, 0.05) is 23.6 Å². The summed E-state index contributed by atoms with van der Waals surface area (Å²) >= 11 is 11.2.